The zero-order valence-corrected chi connectivity index (χ0v) is 21.8. The maximum Gasteiger partial charge on any atom is 0.335 e. The van der Waals surface area contributed by atoms with Crippen molar-refractivity contribution in [2.75, 3.05) is 0 Å². The van der Waals surface area contributed by atoms with Gasteiger partial charge >= 0.3 is 5.97 Å². The minimum Gasteiger partial charge on any atom is -0.455 e. The van der Waals surface area contributed by atoms with Crippen molar-refractivity contribution in [2.45, 2.75) is 110 Å². The van der Waals surface area contributed by atoms with Gasteiger partial charge in [0, 0.05) is 11.8 Å². The van der Waals surface area contributed by atoms with E-state index < -0.39 is 24.0 Å². The fourth-order valence-corrected chi connectivity index (χ4v) is 4.65. The van der Waals surface area contributed by atoms with E-state index in [0.29, 0.717) is 12.3 Å². The fraction of sp³-hybridized carbons (Fsp3) is 0.750. The van der Waals surface area contributed by atoms with Crippen molar-refractivity contribution in [1.82, 2.24) is 0 Å². The molecule has 8 unspecified atom stereocenters. The molecule has 0 spiro atoms. The predicted octanol–water partition coefficient (Wildman–Crippen LogP) is 4.68. The minimum absolute atomic E-state index is 0.00255. The van der Waals surface area contributed by atoms with E-state index in [1.54, 1.807) is 6.92 Å². The summed E-state index contributed by atoms with van der Waals surface area (Å²) in [7, 11) is 0. The second kappa shape index (κ2) is 13.0. The van der Waals surface area contributed by atoms with Crippen LogP contribution in [-0.2, 0) is 14.3 Å². The van der Waals surface area contributed by atoms with E-state index >= 15 is 0 Å². The Labute approximate surface area is 205 Å². The molecule has 2 aliphatic rings. The molecule has 34 heavy (non-hydrogen) atoms. The molecule has 0 aromatic rings. The maximum absolute atomic E-state index is 12.5. The van der Waals surface area contributed by atoms with E-state index in [2.05, 4.69) is 32.1 Å². The van der Waals surface area contributed by atoms with Gasteiger partial charge in [0.1, 0.15) is 6.10 Å². The molecule has 1 fully saturated rings. The highest BCUT2D eigenvalue weighted by atomic mass is 16.6. The van der Waals surface area contributed by atoms with E-state index in [1.807, 2.05) is 32.9 Å². The summed E-state index contributed by atoms with van der Waals surface area (Å²) in [5.41, 5.74) is 0.925. The lowest BCUT2D eigenvalue weighted by molar-refractivity contribution is -0.201. The van der Waals surface area contributed by atoms with Gasteiger partial charge in [-0.1, -0.05) is 71.4 Å². The van der Waals surface area contributed by atoms with Crippen molar-refractivity contribution in [3.63, 3.8) is 0 Å². The number of ether oxygens (including phenoxy) is 2. The third-order valence-corrected chi connectivity index (χ3v) is 7.36. The first-order valence-electron chi connectivity index (χ1n) is 13.0. The van der Waals surface area contributed by atoms with Crippen LogP contribution in [0.15, 0.2) is 36.0 Å². The highest BCUT2D eigenvalue weighted by Crippen LogP contribution is 2.39. The molecule has 3 N–H and O–H groups in total. The van der Waals surface area contributed by atoms with Crippen molar-refractivity contribution < 1.29 is 29.6 Å². The molecule has 0 aliphatic carbocycles. The number of esters is 1. The molecule has 8 atom stereocenters. The lowest BCUT2D eigenvalue weighted by Gasteiger charge is -2.26. The molecule has 0 bridgehead atoms. The average molecular weight is 479 g/mol. The number of hydrogen-bond donors (Lipinski definition) is 3. The lowest BCUT2D eigenvalue weighted by atomic mass is 9.91. The first kappa shape index (κ1) is 28.8. The fourth-order valence-electron chi connectivity index (χ4n) is 4.65. The highest BCUT2D eigenvalue weighted by Gasteiger charge is 2.49. The van der Waals surface area contributed by atoms with Crippen LogP contribution in [0.4, 0.5) is 0 Å². The molecule has 0 saturated carbocycles. The number of carbonyl (C=O) groups excluding carboxylic acids is 1. The monoisotopic (exact) mass is 478 g/mol. The van der Waals surface area contributed by atoms with Gasteiger partial charge < -0.3 is 24.8 Å². The Hall–Kier alpha value is -1.47. The van der Waals surface area contributed by atoms with Crippen molar-refractivity contribution in [3.8, 4) is 0 Å². The first-order valence-corrected chi connectivity index (χ1v) is 13.0. The quantitative estimate of drug-likeness (QED) is 0.154. The number of rotatable bonds is 8. The molecule has 1 saturated heterocycles. The Morgan fingerprint density at radius 3 is 2.65 bits per heavy atom. The second-order valence-electron chi connectivity index (χ2n) is 10.6. The van der Waals surface area contributed by atoms with Gasteiger partial charge in [-0.25, -0.2) is 4.79 Å². The molecule has 6 heteroatoms. The number of aliphatic hydroxyl groups excluding tert-OH is 1. The Morgan fingerprint density at radius 2 is 1.97 bits per heavy atom. The highest BCUT2D eigenvalue weighted by molar-refractivity contribution is 5.74. The van der Waals surface area contributed by atoms with E-state index in [1.165, 1.54) is 0 Å². The summed E-state index contributed by atoms with van der Waals surface area (Å²) in [6.45, 7) is 11.9. The van der Waals surface area contributed by atoms with Crippen LogP contribution in [-0.4, -0.2) is 51.5 Å². The SMILES string of the molecule is CCC(O)(O)C(C)C1OC1CC(C)/C=C/C=C(\C)C1OC(=O)C(O)CCCC(C)C/C=C/C1C. The molecule has 6 nitrogen and oxygen atoms in total. The molecule has 2 heterocycles. The first-order chi connectivity index (χ1) is 16.0. The van der Waals surface area contributed by atoms with Gasteiger partial charge in [-0.2, -0.15) is 0 Å². The van der Waals surface area contributed by atoms with Crippen LogP contribution in [0, 0.1) is 23.7 Å². The van der Waals surface area contributed by atoms with Crippen LogP contribution < -0.4 is 0 Å². The maximum atomic E-state index is 12.5. The van der Waals surface area contributed by atoms with Crippen LogP contribution in [0.5, 0.6) is 0 Å². The van der Waals surface area contributed by atoms with Crippen LogP contribution >= 0.6 is 0 Å². The second-order valence-corrected chi connectivity index (χ2v) is 10.6. The smallest absolute Gasteiger partial charge is 0.335 e. The van der Waals surface area contributed by atoms with Gasteiger partial charge in [-0.05, 0) is 56.4 Å². The molecule has 2 aliphatic heterocycles. The molecule has 0 aromatic carbocycles. The number of allylic oxidation sites excluding steroid dienone is 4. The number of hydrogen-bond acceptors (Lipinski definition) is 6. The van der Waals surface area contributed by atoms with E-state index in [9.17, 15) is 20.1 Å². The molecule has 0 amide bonds. The van der Waals surface area contributed by atoms with Crippen molar-refractivity contribution in [3.05, 3.63) is 36.0 Å². The van der Waals surface area contributed by atoms with Crippen molar-refractivity contribution in [2.24, 2.45) is 23.7 Å². The van der Waals surface area contributed by atoms with Gasteiger partial charge in [0.05, 0.1) is 12.2 Å². The number of cyclic esters (lactones) is 1. The van der Waals surface area contributed by atoms with E-state index in [-0.39, 0.29) is 36.4 Å². The minimum atomic E-state index is -1.69. The summed E-state index contributed by atoms with van der Waals surface area (Å²) in [5, 5.41) is 30.3. The molecule has 194 valence electrons. The number of carbonyl (C=O) groups is 1. The third-order valence-electron chi connectivity index (χ3n) is 7.36. The molecule has 0 radical (unpaired) electrons. The normalized spacial score (nSPS) is 34.6. The Bertz CT molecular complexity index is 739. The summed E-state index contributed by atoms with van der Waals surface area (Å²) in [6, 6.07) is 0. The Morgan fingerprint density at radius 1 is 1.26 bits per heavy atom. The van der Waals surface area contributed by atoms with Crippen LogP contribution in [0.2, 0.25) is 0 Å². The van der Waals surface area contributed by atoms with Gasteiger partial charge in [-0.15, -0.1) is 0 Å². The average Bonchev–Trinajstić information content (AvgIpc) is 3.54. The molecule has 0 aromatic heterocycles. The molecular formula is C28H46O6. The van der Waals surface area contributed by atoms with E-state index in [0.717, 1.165) is 31.3 Å². The van der Waals surface area contributed by atoms with Crippen molar-refractivity contribution >= 4 is 5.97 Å². The van der Waals surface area contributed by atoms with Gasteiger partial charge in [0.2, 0.25) is 0 Å². The predicted molar refractivity (Wildman–Crippen MR) is 134 cm³/mol. The Kier molecular flexibility index (Phi) is 11.0. The van der Waals surface area contributed by atoms with Crippen LogP contribution in [0.3, 0.4) is 0 Å². The lowest BCUT2D eigenvalue weighted by Crippen LogP contribution is -2.38. The summed E-state index contributed by atoms with van der Waals surface area (Å²) in [5.74, 6) is -1.80. The van der Waals surface area contributed by atoms with Crippen LogP contribution in [0.1, 0.15) is 80.1 Å². The van der Waals surface area contributed by atoms with Gasteiger partial charge in [0.15, 0.2) is 11.9 Å². The molecular weight excluding hydrogens is 432 g/mol. The number of aliphatic hydroxyl groups is 3. The summed E-state index contributed by atoms with van der Waals surface area (Å²) in [4.78, 5) is 12.5. The summed E-state index contributed by atoms with van der Waals surface area (Å²) < 4.78 is 11.5. The zero-order valence-electron chi connectivity index (χ0n) is 21.8. The van der Waals surface area contributed by atoms with Crippen molar-refractivity contribution in [1.29, 1.82) is 0 Å². The topological polar surface area (TPSA) is 99.5 Å². The number of epoxide rings is 1. The van der Waals surface area contributed by atoms with Gasteiger partial charge in [0.25, 0.3) is 0 Å². The summed E-state index contributed by atoms with van der Waals surface area (Å²) in [6.07, 6.45) is 13.0. The Balaban J connectivity index is 1.98. The van der Waals surface area contributed by atoms with Gasteiger partial charge in [-0.3, -0.25) is 0 Å². The summed E-state index contributed by atoms with van der Waals surface area (Å²) >= 11 is 0. The zero-order chi connectivity index (χ0) is 25.5. The third kappa shape index (κ3) is 8.63. The standard InChI is InChI=1S/C28H46O6/c1-7-28(31,32)22(6)26-24(33-26)17-19(3)13-9-15-21(5)25-20(4)14-8-11-18(2)12-10-16-23(29)27(30)34-25/h8-9,13-15,18-20,22-26,29,31-32H,7,10-12,16-17H2,1-6H3/b13-9+,14-8+,21-15+. The molecule has 2 rings (SSSR count). The van der Waals surface area contributed by atoms with E-state index in [4.69, 9.17) is 9.47 Å². The van der Waals surface area contributed by atoms with Crippen LogP contribution in [0.25, 0.3) is 0 Å². The largest absolute Gasteiger partial charge is 0.455 e.